The van der Waals surface area contributed by atoms with Crippen molar-refractivity contribution in [3.8, 4) is 0 Å². The van der Waals surface area contributed by atoms with Crippen LogP contribution >= 0.6 is 0 Å². The van der Waals surface area contributed by atoms with Crippen molar-refractivity contribution in [1.29, 1.82) is 0 Å². The van der Waals surface area contributed by atoms with Crippen LogP contribution in [0.3, 0.4) is 0 Å². The summed E-state index contributed by atoms with van der Waals surface area (Å²) in [5.74, 6) is 0.175. The quantitative estimate of drug-likeness (QED) is 0.150. The standard InChI is InChI=1S/C25H51NO3/c1-3-5-7-9-10-14-19-24(18-13-8-6-4-2)25(28)29-23-16-12-11-15-20-26-21-17-22-27/h24,26-27H,3-23H2,1-2H3. The molecule has 0 aromatic heterocycles. The number of carbonyl (C=O) groups is 1. The average Bonchev–Trinajstić information content (AvgIpc) is 2.73. The zero-order chi connectivity index (χ0) is 21.4. The molecule has 0 saturated carbocycles. The number of aliphatic hydroxyl groups is 1. The van der Waals surface area contributed by atoms with Gasteiger partial charge in [-0.15, -0.1) is 0 Å². The van der Waals surface area contributed by atoms with Crippen molar-refractivity contribution in [2.75, 3.05) is 26.3 Å². The smallest absolute Gasteiger partial charge is 0.308 e. The molecule has 0 saturated heterocycles. The Morgan fingerprint density at radius 1 is 0.724 bits per heavy atom. The molecule has 0 spiro atoms. The lowest BCUT2D eigenvalue weighted by atomic mass is 9.94. The summed E-state index contributed by atoms with van der Waals surface area (Å²) < 4.78 is 5.63. The van der Waals surface area contributed by atoms with E-state index in [-0.39, 0.29) is 18.5 Å². The van der Waals surface area contributed by atoms with E-state index in [2.05, 4.69) is 19.2 Å². The maximum absolute atomic E-state index is 12.6. The second-order valence-electron chi connectivity index (χ2n) is 8.51. The topological polar surface area (TPSA) is 58.6 Å². The highest BCUT2D eigenvalue weighted by Gasteiger charge is 2.19. The third kappa shape index (κ3) is 20.4. The second-order valence-corrected chi connectivity index (χ2v) is 8.51. The summed E-state index contributed by atoms with van der Waals surface area (Å²) in [7, 11) is 0. The third-order valence-electron chi connectivity index (χ3n) is 5.65. The van der Waals surface area contributed by atoms with Crippen molar-refractivity contribution in [2.45, 2.75) is 123 Å². The van der Waals surface area contributed by atoms with Crippen molar-refractivity contribution >= 4 is 5.97 Å². The zero-order valence-corrected chi connectivity index (χ0v) is 19.7. The van der Waals surface area contributed by atoms with Gasteiger partial charge in [0, 0.05) is 6.61 Å². The van der Waals surface area contributed by atoms with Gasteiger partial charge in [0.25, 0.3) is 0 Å². The Labute approximate surface area is 181 Å². The van der Waals surface area contributed by atoms with Gasteiger partial charge in [0.05, 0.1) is 12.5 Å². The Kier molecular flexibility index (Phi) is 23.2. The Morgan fingerprint density at radius 2 is 1.24 bits per heavy atom. The first-order valence-corrected chi connectivity index (χ1v) is 12.7. The molecule has 0 aliphatic rings. The molecule has 0 rings (SSSR count). The monoisotopic (exact) mass is 413 g/mol. The van der Waals surface area contributed by atoms with Gasteiger partial charge in [0.2, 0.25) is 0 Å². The van der Waals surface area contributed by atoms with E-state index in [1.54, 1.807) is 0 Å². The zero-order valence-electron chi connectivity index (χ0n) is 19.7. The van der Waals surface area contributed by atoms with Gasteiger partial charge in [-0.3, -0.25) is 4.79 Å². The summed E-state index contributed by atoms with van der Waals surface area (Å²) in [6.07, 6.45) is 19.8. The predicted octanol–water partition coefficient (Wildman–Crippen LogP) is 6.40. The van der Waals surface area contributed by atoms with Crippen LogP contribution in [0.2, 0.25) is 0 Å². The number of hydrogen-bond donors (Lipinski definition) is 2. The van der Waals surface area contributed by atoms with Gasteiger partial charge in [-0.05, 0) is 45.2 Å². The first-order valence-electron chi connectivity index (χ1n) is 12.7. The van der Waals surface area contributed by atoms with E-state index < -0.39 is 0 Å². The summed E-state index contributed by atoms with van der Waals surface area (Å²) in [6.45, 7) is 7.23. The van der Waals surface area contributed by atoms with Crippen molar-refractivity contribution in [3.05, 3.63) is 0 Å². The molecule has 174 valence electrons. The molecule has 0 heterocycles. The number of aliphatic hydroxyl groups excluding tert-OH is 1. The normalized spacial score (nSPS) is 12.2. The molecule has 1 atom stereocenters. The van der Waals surface area contributed by atoms with Crippen LogP contribution in [-0.4, -0.2) is 37.4 Å². The maximum atomic E-state index is 12.6. The molecule has 0 amide bonds. The molecular formula is C25H51NO3. The molecule has 0 fully saturated rings. The highest BCUT2D eigenvalue weighted by molar-refractivity contribution is 5.72. The van der Waals surface area contributed by atoms with E-state index in [4.69, 9.17) is 9.84 Å². The number of unbranched alkanes of at least 4 members (excludes halogenated alkanes) is 11. The van der Waals surface area contributed by atoms with E-state index in [9.17, 15) is 4.79 Å². The minimum absolute atomic E-state index is 0.0562. The summed E-state index contributed by atoms with van der Waals surface area (Å²) in [5, 5.41) is 12.1. The number of nitrogens with one attached hydrogen (secondary N) is 1. The van der Waals surface area contributed by atoms with E-state index in [1.165, 1.54) is 64.2 Å². The van der Waals surface area contributed by atoms with Crippen LogP contribution in [0.5, 0.6) is 0 Å². The molecular weight excluding hydrogens is 362 g/mol. The summed E-state index contributed by atoms with van der Waals surface area (Å²) in [4.78, 5) is 12.6. The lowest BCUT2D eigenvalue weighted by Crippen LogP contribution is -2.19. The van der Waals surface area contributed by atoms with Gasteiger partial charge < -0.3 is 15.2 Å². The molecule has 2 N–H and O–H groups in total. The van der Waals surface area contributed by atoms with Gasteiger partial charge in [-0.2, -0.15) is 0 Å². The Hall–Kier alpha value is -0.610. The van der Waals surface area contributed by atoms with Crippen LogP contribution in [0.15, 0.2) is 0 Å². The second kappa shape index (κ2) is 23.7. The lowest BCUT2D eigenvalue weighted by molar-refractivity contribution is -0.149. The van der Waals surface area contributed by atoms with Crippen LogP contribution in [0.25, 0.3) is 0 Å². The maximum Gasteiger partial charge on any atom is 0.308 e. The van der Waals surface area contributed by atoms with Gasteiger partial charge in [-0.1, -0.05) is 90.9 Å². The minimum Gasteiger partial charge on any atom is -0.465 e. The van der Waals surface area contributed by atoms with Gasteiger partial charge >= 0.3 is 5.97 Å². The fourth-order valence-corrected chi connectivity index (χ4v) is 3.69. The molecule has 4 heteroatoms. The number of rotatable bonds is 23. The van der Waals surface area contributed by atoms with Crippen LogP contribution in [0, 0.1) is 5.92 Å². The van der Waals surface area contributed by atoms with Crippen LogP contribution in [-0.2, 0) is 9.53 Å². The van der Waals surface area contributed by atoms with Gasteiger partial charge in [0.1, 0.15) is 0 Å². The third-order valence-corrected chi connectivity index (χ3v) is 5.65. The van der Waals surface area contributed by atoms with Crippen LogP contribution in [0.4, 0.5) is 0 Å². The molecule has 0 aromatic rings. The number of hydrogen-bond acceptors (Lipinski definition) is 4. The highest BCUT2D eigenvalue weighted by Crippen LogP contribution is 2.20. The summed E-state index contributed by atoms with van der Waals surface area (Å²) >= 11 is 0. The SMILES string of the molecule is CCCCCCCCC(CCCCCC)C(=O)OCCCCCCNCCCO. The van der Waals surface area contributed by atoms with Crippen molar-refractivity contribution in [1.82, 2.24) is 5.32 Å². The van der Waals surface area contributed by atoms with Gasteiger partial charge in [0.15, 0.2) is 0 Å². The number of ether oxygens (including phenoxy) is 1. The molecule has 4 nitrogen and oxygen atoms in total. The fourth-order valence-electron chi connectivity index (χ4n) is 3.69. The molecule has 0 aliphatic heterocycles. The van der Waals surface area contributed by atoms with Crippen molar-refractivity contribution in [2.24, 2.45) is 5.92 Å². The lowest BCUT2D eigenvalue weighted by Gasteiger charge is -2.16. The Morgan fingerprint density at radius 3 is 1.90 bits per heavy atom. The summed E-state index contributed by atoms with van der Waals surface area (Å²) in [6, 6.07) is 0. The Bertz CT molecular complexity index is 336. The van der Waals surface area contributed by atoms with Crippen LogP contribution in [0.1, 0.15) is 123 Å². The van der Waals surface area contributed by atoms with Crippen molar-refractivity contribution in [3.63, 3.8) is 0 Å². The fraction of sp³-hybridized carbons (Fsp3) is 0.960. The number of carbonyl (C=O) groups excluding carboxylic acids is 1. The molecule has 0 aliphatic carbocycles. The minimum atomic E-state index is 0.0562. The molecule has 0 aromatic carbocycles. The first-order chi connectivity index (χ1) is 14.3. The van der Waals surface area contributed by atoms with Crippen molar-refractivity contribution < 1.29 is 14.6 Å². The molecule has 29 heavy (non-hydrogen) atoms. The largest absolute Gasteiger partial charge is 0.465 e. The highest BCUT2D eigenvalue weighted by atomic mass is 16.5. The first kappa shape index (κ1) is 28.4. The van der Waals surface area contributed by atoms with Crippen LogP contribution < -0.4 is 5.32 Å². The summed E-state index contributed by atoms with van der Waals surface area (Å²) in [5.41, 5.74) is 0. The van der Waals surface area contributed by atoms with E-state index >= 15 is 0 Å². The number of esters is 1. The molecule has 0 bridgehead atoms. The van der Waals surface area contributed by atoms with E-state index in [0.717, 1.165) is 58.0 Å². The Balaban J connectivity index is 3.87. The van der Waals surface area contributed by atoms with E-state index in [1.807, 2.05) is 0 Å². The predicted molar refractivity (Wildman–Crippen MR) is 124 cm³/mol. The molecule has 1 unspecified atom stereocenters. The van der Waals surface area contributed by atoms with E-state index in [0.29, 0.717) is 6.61 Å². The van der Waals surface area contributed by atoms with Gasteiger partial charge in [-0.25, -0.2) is 0 Å². The molecule has 0 radical (unpaired) electrons. The average molecular weight is 414 g/mol.